The largest absolute Gasteiger partial charge is 0.469 e. The maximum Gasteiger partial charge on any atom is 0.469 e. The number of aliphatic hydroxyl groups excluding tert-OH is 2. The van der Waals surface area contributed by atoms with Crippen LogP contribution in [0.5, 0.6) is 0 Å². The topological polar surface area (TPSA) is 272 Å². The van der Waals surface area contributed by atoms with Gasteiger partial charge in [-0.3, -0.25) is 9.09 Å². The molecule has 1 aliphatic rings. The summed E-state index contributed by atoms with van der Waals surface area (Å²) in [5.41, 5.74) is 13.0. The number of fused-ring (bicyclic) bond motifs is 2. The van der Waals surface area contributed by atoms with Crippen molar-refractivity contribution < 1.29 is 33.8 Å². The van der Waals surface area contributed by atoms with Gasteiger partial charge in [0.2, 0.25) is 5.95 Å². The van der Waals surface area contributed by atoms with Crippen molar-refractivity contribution in [3.05, 3.63) is 21.9 Å². The van der Waals surface area contributed by atoms with Gasteiger partial charge in [0.15, 0.2) is 27.1 Å². The Labute approximate surface area is 204 Å². The molecule has 0 aliphatic carbocycles. The van der Waals surface area contributed by atoms with Crippen molar-refractivity contribution >= 4 is 66.5 Å². The van der Waals surface area contributed by atoms with E-state index in [9.17, 15) is 14.8 Å². The van der Waals surface area contributed by atoms with Crippen molar-refractivity contribution in [1.29, 1.82) is 0 Å². The third-order valence-corrected chi connectivity index (χ3v) is 5.87. The van der Waals surface area contributed by atoms with E-state index in [-0.39, 0.29) is 16.5 Å². The number of H-pyrrole nitrogens is 3. The van der Waals surface area contributed by atoms with E-state index in [1.165, 1.54) is 17.2 Å². The monoisotopic (exact) mass is 546 g/mol. The molecule has 0 aromatic carbocycles. The van der Waals surface area contributed by atoms with E-state index >= 15 is 0 Å². The number of phosphoric acid groups is 1. The fraction of sp³-hybridized carbons (Fsp3) is 0.333. The first-order valence-electron chi connectivity index (χ1n) is 9.57. The first-order valence-corrected chi connectivity index (χ1v) is 11.9. The minimum Gasteiger partial charge on any atom is -0.387 e. The van der Waals surface area contributed by atoms with Crippen molar-refractivity contribution in [3.63, 3.8) is 0 Å². The van der Waals surface area contributed by atoms with Crippen LogP contribution in [-0.4, -0.2) is 84.4 Å². The molecule has 0 spiro atoms. The average Bonchev–Trinajstić information content (AvgIpc) is 3.46. The smallest absolute Gasteiger partial charge is 0.387 e. The van der Waals surface area contributed by atoms with Gasteiger partial charge < -0.3 is 51.2 Å². The molecule has 4 aromatic rings. The van der Waals surface area contributed by atoms with Crippen LogP contribution in [0.3, 0.4) is 0 Å². The van der Waals surface area contributed by atoms with Gasteiger partial charge in [0.1, 0.15) is 35.0 Å². The van der Waals surface area contributed by atoms with Gasteiger partial charge in [-0.1, -0.05) is 24.4 Å². The average molecular weight is 546 g/mol. The number of hydrogen-bond donors (Lipinski definition) is 9. The third-order valence-electron chi connectivity index (χ3n) is 4.80. The molecule has 20 heteroatoms. The standard InChI is InChI=1S/C10H14N5O7PS.C5H5N5S/c11-10-13-7-4(8(24)14-10)12-2-15(7)9-6(17)5(16)3(22-9)1-21-23(18,19)20;6-5-9-3-2(4(11)10-5)7-1-8-3/h2-3,5-6,9,16-17H,1H2,(H2,18,19,20)(H3,11,13,14,24);1H,(H4,6,7,8,9,10,11). The van der Waals surface area contributed by atoms with Gasteiger partial charge in [-0.05, 0) is 0 Å². The number of aromatic nitrogens is 8. The summed E-state index contributed by atoms with van der Waals surface area (Å²) in [5, 5.41) is 20.2. The van der Waals surface area contributed by atoms with Crippen molar-refractivity contribution in [2.45, 2.75) is 24.5 Å². The highest BCUT2D eigenvalue weighted by molar-refractivity contribution is 7.71. The number of nitrogens with one attached hydrogen (secondary N) is 3. The number of phosphoric ester groups is 1. The minimum atomic E-state index is -4.73. The van der Waals surface area contributed by atoms with Gasteiger partial charge >= 0.3 is 7.82 Å². The highest BCUT2D eigenvalue weighted by Crippen LogP contribution is 2.38. The number of ether oxygens (including phenoxy) is 1. The van der Waals surface area contributed by atoms with Crippen molar-refractivity contribution in [2.75, 3.05) is 18.1 Å². The quantitative estimate of drug-likeness (QED) is 0.114. The Morgan fingerprint density at radius 2 is 1.80 bits per heavy atom. The fourth-order valence-corrected chi connectivity index (χ4v) is 4.12. The van der Waals surface area contributed by atoms with Gasteiger partial charge in [0.05, 0.1) is 19.3 Å². The van der Waals surface area contributed by atoms with Crippen molar-refractivity contribution in [2.24, 2.45) is 0 Å². The lowest BCUT2D eigenvalue weighted by Gasteiger charge is -2.17. The van der Waals surface area contributed by atoms with E-state index in [1.54, 1.807) is 0 Å². The molecule has 4 unspecified atom stereocenters. The summed E-state index contributed by atoms with van der Waals surface area (Å²) in [6.45, 7) is -0.606. The van der Waals surface area contributed by atoms with Gasteiger partial charge in [-0.15, -0.1) is 0 Å². The molecule has 11 N–H and O–H groups in total. The van der Waals surface area contributed by atoms with Gasteiger partial charge in [0.25, 0.3) is 0 Å². The van der Waals surface area contributed by atoms with Crippen LogP contribution >= 0.6 is 32.3 Å². The second-order valence-corrected chi connectivity index (χ2v) is 9.17. The Morgan fingerprint density at radius 3 is 2.51 bits per heavy atom. The third kappa shape index (κ3) is 5.37. The van der Waals surface area contributed by atoms with E-state index < -0.39 is 39.0 Å². The van der Waals surface area contributed by atoms with Crippen LogP contribution in [-0.2, 0) is 13.8 Å². The first-order chi connectivity index (χ1) is 16.4. The molecular formula is C15H19N10O7PS2. The van der Waals surface area contributed by atoms with Crippen LogP contribution in [0, 0.1) is 9.28 Å². The van der Waals surface area contributed by atoms with E-state index in [0.29, 0.717) is 27.0 Å². The fourth-order valence-electron chi connectivity index (χ4n) is 3.28. The number of anilines is 2. The maximum absolute atomic E-state index is 10.8. The summed E-state index contributed by atoms with van der Waals surface area (Å²) >= 11 is 9.95. The zero-order valence-corrected chi connectivity index (χ0v) is 19.9. The summed E-state index contributed by atoms with van der Waals surface area (Å²) in [5.74, 6) is 0.318. The van der Waals surface area contributed by atoms with E-state index in [2.05, 4.69) is 39.4 Å². The van der Waals surface area contributed by atoms with Crippen molar-refractivity contribution in [1.82, 2.24) is 39.5 Å². The number of nitrogens with zero attached hydrogens (tertiary/aromatic N) is 5. The Morgan fingerprint density at radius 1 is 1.11 bits per heavy atom. The molecule has 17 nitrogen and oxygen atoms in total. The lowest BCUT2D eigenvalue weighted by atomic mass is 10.1. The predicted octanol–water partition coefficient (Wildman–Crippen LogP) is -0.603. The van der Waals surface area contributed by atoms with E-state index in [0.717, 1.165) is 0 Å². The molecule has 0 bridgehead atoms. The predicted molar refractivity (Wildman–Crippen MR) is 125 cm³/mol. The molecule has 0 radical (unpaired) electrons. The maximum atomic E-state index is 10.8. The summed E-state index contributed by atoms with van der Waals surface area (Å²) in [4.78, 5) is 41.5. The van der Waals surface area contributed by atoms with Crippen LogP contribution in [0.25, 0.3) is 22.3 Å². The van der Waals surface area contributed by atoms with Crippen LogP contribution < -0.4 is 11.5 Å². The Hall–Kier alpha value is -2.87. The number of aromatic amines is 3. The number of imidazole rings is 2. The second kappa shape index (κ2) is 9.64. The molecule has 1 fully saturated rings. The highest BCUT2D eigenvalue weighted by Gasteiger charge is 2.45. The van der Waals surface area contributed by atoms with Gasteiger partial charge in [0, 0.05) is 0 Å². The van der Waals surface area contributed by atoms with Crippen LogP contribution in [0.2, 0.25) is 0 Å². The van der Waals surface area contributed by atoms with Crippen LogP contribution in [0.4, 0.5) is 11.9 Å². The zero-order valence-electron chi connectivity index (χ0n) is 17.3. The molecule has 0 amide bonds. The Balaban J connectivity index is 0.000000218. The molecule has 5 rings (SSSR count). The molecular weight excluding hydrogens is 527 g/mol. The van der Waals surface area contributed by atoms with Crippen LogP contribution in [0.1, 0.15) is 6.23 Å². The highest BCUT2D eigenvalue weighted by atomic mass is 32.1. The molecule has 188 valence electrons. The van der Waals surface area contributed by atoms with Gasteiger partial charge in [-0.25, -0.2) is 24.5 Å². The lowest BCUT2D eigenvalue weighted by Crippen LogP contribution is -2.33. The molecule has 35 heavy (non-hydrogen) atoms. The summed E-state index contributed by atoms with van der Waals surface area (Å²) in [7, 11) is -4.73. The molecule has 4 atom stereocenters. The lowest BCUT2D eigenvalue weighted by molar-refractivity contribution is -0.0503. The van der Waals surface area contributed by atoms with E-state index in [4.69, 9.17) is 50.4 Å². The Kier molecular flexibility index (Phi) is 6.95. The first kappa shape index (κ1) is 25.2. The summed E-state index contributed by atoms with van der Waals surface area (Å²) in [6, 6.07) is 0. The molecule has 1 saturated heterocycles. The Bertz CT molecular complexity index is 1530. The SMILES string of the molecule is Nc1nc(=S)c2[nH]cnc2[nH]1.Nc1nc(=S)c2ncn(C3OC(COP(=O)(O)O)C(O)C3O)c2[nH]1. The molecule has 5 heterocycles. The zero-order chi connectivity index (χ0) is 25.5. The molecule has 0 saturated carbocycles. The summed E-state index contributed by atoms with van der Waals surface area (Å²) in [6.07, 6.45) is -2.23. The molecule has 1 aliphatic heterocycles. The molecule has 4 aromatic heterocycles. The number of hydrogen-bond acceptors (Lipinski definition) is 13. The van der Waals surface area contributed by atoms with E-state index in [1.807, 2.05) is 0 Å². The number of rotatable bonds is 4. The van der Waals surface area contributed by atoms with Gasteiger partial charge in [-0.2, -0.15) is 0 Å². The summed E-state index contributed by atoms with van der Waals surface area (Å²) < 4.78 is 22.5. The number of nitrogen functional groups attached to an aromatic ring is 2. The second-order valence-electron chi connectivity index (χ2n) is 7.16. The van der Waals surface area contributed by atoms with Crippen LogP contribution in [0.15, 0.2) is 12.7 Å². The minimum absolute atomic E-state index is 0.0312. The van der Waals surface area contributed by atoms with Crippen molar-refractivity contribution in [3.8, 4) is 0 Å². The number of aliphatic hydroxyl groups is 2. The normalized spacial score (nSPS) is 22.4. The number of nitrogens with two attached hydrogens (primary N) is 2.